The van der Waals surface area contributed by atoms with Gasteiger partial charge in [-0.2, -0.15) is 0 Å². The molecule has 1 rings (SSSR count). The molecule has 0 aliphatic carbocycles. The molecular formula is C10H11BrN2O2. The normalized spacial score (nSPS) is 9.93. The molecule has 0 atom stereocenters. The molecule has 0 saturated heterocycles. The number of nitro benzene ring substituents is 1. The van der Waals surface area contributed by atoms with E-state index in [-0.39, 0.29) is 5.69 Å². The number of benzene rings is 1. The second-order valence-electron chi connectivity index (χ2n) is 2.96. The zero-order chi connectivity index (χ0) is 11.3. The minimum atomic E-state index is -0.402. The number of halogens is 1. The van der Waals surface area contributed by atoms with Crippen LogP contribution in [0, 0.1) is 10.1 Å². The maximum absolute atomic E-state index is 10.6. The third-order valence-corrected chi connectivity index (χ3v) is 2.50. The molecule has 80 valence electrons. The second-order valence-corrected chi connectivity index (χ2v) is 3.82. The Balaban J connectivity index is 2.78. The highest BCUT2D eigenvalue weighted by Crippen LogP contribution is 2.25. The van der Waals surface area contributed by atoms with E-state index >= 15 is 0 Å². The number of rotatable bonds is 5. The van der Waals surface area contributed by atoms with Crippen LogP contribution in [0.5, 0.6) is 0 Å². The minimum Gasteiger partial charge on any atom is -0.309 e. The number of hydrogen-bond acceptors (Lipinski definition) is 3. The molecule has 0 aliphatic heterocycles. The van der Waals surface area contributed by atoms with Gasteiger partial charge < -0.3 is 5.32 Å². The summed E-state index contributed by atoms with van der Waals surface area (Å²) < 4.78 is 0.500. The van der Waals surface area contributed by atoms with Crippen LogP contribution in [0.4, 0.5) is 5.69 Å². The van der Waals surface area contributed by atoms with E-state index in [9.17, 15) is 10.1 Å². The van der Waals surface area contributed by atoms with Crippen molar-refractivity contribution in [3.63, 3.8) is 0 Å². The summed E-state index contributed by atoms with van der Waals surface area (Å²) in [5, 5.41) is 13.7. The Morgan fingerprint density at radius 2 is 2.33 bits per heavy atom. The molecule has 0 radical (unpaired) electrons. The van der Waals surface area contributed by atoms with Gasteiger partial charge in [-0.05, 0) is 27.6 Å². The van der Waals surface area contributed by atoms with Crippen LogP contribution in [0.3, 0.4) is 0 Å². The quantitative estimate of drug-likeness (QED) is 0.387. The van der Waals surface area contributed by atoms with Crippen LogP contribution in [0.2, 0.25) is 0 Å². The number of nitrogens with zero attached hydrogens (tertiary/aromatic N) is 1. The Morgan fingerprint density at radius 3 is 2.93 bits per heavy atom. The first-order valence-corrected chi connectivity index (χ1v) is 5.19. The molecule has 0 bridgehead atoms. The van der Waals surface area contributed by atoms with E-state index in [1.165, 1.54) is 0 Å². The molecule has 15 heavy (non-hydrogen) atoms. The van der Waals surface area contributed by atoms with E-state index in [1.807, 2.05) is 6.07 Å². The number of nitro groups is 1. The lowest BCUT2D eigenvalue weighted by atomic mass is 10.2. The van der Waals surface area contributed by atoms with Gasteiger partial charge in [0.1, 0.15) is 0 Å². The van der Waals surface area contributed by atoms with Gasteiger partial charge in [0, 0.05) is 19.2 Å². The Morgan fingerprint density at radius 1 is 1.60 bits per heavy atom. The monoisotopic (exact) mass is 270 g/mol. The zero-order valence-electron chi connectivity index (χ0n) is 8.07. The van der Waals surface area contributed by atoms with Crippen LogP contribution in [-0.4, -0.2) is 11.5 Å². The Bertz CT molecular complexity index is 380. The van der Waals surface area contributed by atoms with Crippen molar-refractivity contribution >= 4 is 21.6 Å². The molecule has 0 fully saturated rings. The highest BCUT2D eigenvalue weighted by atomic mass is 79.9. The maximum atomic E-state index is 10.6. The molecule has 4 nitrogen and oxygen atoms in total. The van der Waals surface area contributed by atoms with Gasteiger partial charge in [0.2, 0.25) is 0 Å². The van der Waals surface area contributed by atoms with Gasteiger partial charge in [-0.3, -0.25) is 10.1 Å². The Kier molecular flexibility index (Phi) is 4.45. The SMILES string of the molecule is C=CCNCc1ccc(Br)c([N+](=O)[O-])c1. The van der Waals surface area contributed by atoms with Crippen molar-refractivity contribution in [2.24, 2.45) is 0 Å². The molecule has 1 aromatic rings. The van der Waals surface area contributed by atoms with Gasteiger partial charge in [0.25, 0.3) is 5.69 Å². The highest BCUT2D eigenvalue weighted by molar-refractivity contribution is 9.10. The summed E-state index contributed by atoms with van der Waals surface area (Å²) in [7, 11) is 0. The van der Waals surface area contributed by atoms with E-state index in [1.54, 1.807) is 18.2 Å². The lowest BCUT2D eigenvalue weighted by Gasteiger charge is -2.02. The topological polar surface area (TPSA) is 55.2 Å². The predicted octanol–water partition coefficient (Wildman–Crippen LogP) is 2.63. The second kappa shape index (κ2) is 5.63. The third kappa shape index (κ3) is 3.45. The predicted molar refractivity (Wildman–Crippen MR) is 62.7 cm³/mol. The largest absolute Gasteiger partial charge is 0.309 e. The van der Waals surface area contributed by atoms with Crippen molar-refractivity contribution in [2.75, 3.05) is 6.54 Å². The standard InChI is InChI=1S/C10H11BrN2O2/c1-2-5-12-7-8-3-4-9(11)10(6-8)13(14)15/h2-4,6,12H,1,5,7H2. The first-order chi connectivity index (χ1) is 7.15. The molecule has 0 saturated carbocycles. The zero-order valence-corrected chi connectivity index (χ0v) is 9.66. The summed E-state index contributed by atoms with van der Waals surface area (Å²) in [6, 6.07) is 5.08. The molecule has 1 aromatic carbocycles. The van der Waals surface area contributed by atoms with Crippen molar-refractivity contribution in [2.45, 2.75) is 6.54 Å². The summed E-state index contributed by atoms with van der Waals surface area (Å²) in [5.74, 6) is 0. The van der Waals surface area contributed by atoms with E-state index in [0.717, 1.165) is 5.56 Å². The van der Waals surface area contributed by atoms with Crippen LogP contribution in [0.1, 0.15) is 5.56 Å². The van der Waals surface area contributed by atoms with Crippen molar-refractivity contribution in [3.05, 3.63) is 51.0 Å². The van der Waals surface area contributed by atoms with E-state index in [4.69, 9.17) is 0 Å². The van der Waals surface area contributed by atoms with Gasteiger partial charge in [-0.1, -0.05) is 12.1 Å². The molecule has 0 unspecified atom stereocenters. The summed E-state index contributed by atoms with van der Waals surface area (Å²) in [6.45, 7) is 4.86. The number of nitrogens with one attached hydrogen (secondary N) is 1. The molecule has 1 N–H and O–H groups in total. The average molecular weight is 271 g/mol. The molecule has 0 amide bonds. The van der Waals surface area contributed by atoms with Gasteiger partial charge in [0.05, 0.1) is 9.40 Å². The van der Waals surface area contributed by atoms with Gasteiger partial charge in [0.15, 0.2) is 0 Å². The van der Waals surface area contributed by atoms with Gasteiger partial charge in [-0.15, -0.1) is 6.58 Å². The fourth-order valence-electron chi connectivity index (χ4n) is 1.13. The van der Waals surface area contributed by atoms with E-state index < -0.39 is 4.92 Å². The van der Waals surface area contributed by atoms with Gasteiger partial charge >= 0.3 is 0 Å². The van der Waals surface area contributed by atoms with Crippen LogP contribution in [0.25, 0.3) is 0 Å². The van der Waals surface area contributed by atoms with E-state index in [0.29, 0.717) is 17.6 Å². The fraction of sp³-hybridized carbons (Fsp3) is 0.200. The van der Waals surface area contributed by atoms with Crippen molar-refractivity contribution in [1.82, 2.24) is 5.32 Å². The van der Waals surface area contributed by atoms with Crippen LogP contribution >= 0.6 is 15.9 Å². The smallest absolute Gasteiger partial charge is 0.283 e. The molecular weight excluding hydrogens is 260 g/mol. The van der Waals surface area contributed by atoms with E-state index in [2.05, 4.69) is 27.8 Å². The van der Waals surface area contributed by atoms with Crippen LogP contribution in [0.15, 0.2) is 35.3 Å². The summed E-state index contributed by atoms with van der Waals surface area (Å²) >= 11 is 3.13. The Labute approximate surface area is 96.3 Å². The first-order valence-electron chi connectivity index (χ1n) is 4.39. The van der Waals surface area contributed by atoms with Crippen molar-refractivity contribution in [1.29, 1.82) is 0 Å². The maximum Gasteiger partial charge on any atom is 0.283 e. The molecule has 0 spiro atoms. The first kappa shape index (κ1) is 11.9. The molecule has 0 aliphatic rings. The lowest BCUT2D eigenvalue weighted by molar-refractivity contribution is -0.385. The van der Waals surface area contributed by atoms with Crippen LogP contribution < -0.4 is 5.32 Å². The average Bonchev–Trinajstić information content (AvgIpc) is 2.20. The fourth-order valence-corrected chi connectivity index (χ4v) is 1.52. The lowest BCUT2D eigenvalue weighted by Crippen LogP contribution is -2.12. The van der Waals surface area contributed by atoms with Crippen molar-refractivity contribution in [3.8, 4) is 0 Å². The highest BCUT2D eigenvalue weighted by Gasteiger charge is 2.11. The van der Waals surface area contributed by atoms with Crippen LogP contribution in [-0.2, 0) is 6.54 Å². The summed E-state index contributed by atoms with van der Waals surface area (Å²) in [4.78, 5) is 10.2. The molecule has 0 heterocycles. The summed E-state index contributed by atoms with van der Waals surface area (Å²) in [6.07, 6.45) is 1.74. The minimum absolute atomic E-state index is 0.0907. The molecule has 0 aromatic heterocycles. The third-order valence-electron chi connectivity index (χ3n) is 1.83. The number of hydrogen-bond donors (Lipinski definition) is 1. The summed E-state index contributed by atoms with van der Waals surface area (Å²) in [5.41, 5.74) is 0.972. The Hall–Kier alpha value is -1.20. The van der Waals surface area contributed by atoms with Crippen molar-refractivity contribution < 1.29 is 4.92 Å². The van der Waals surface area contributed by atoms with Gasteiger partial charge in [-0.25, -0.2) is 0 Å². The molecule has 5 heteroatoms.